The van der Waals surface area contributed by atoms with Gasteiger partial charge in [-0.15, -0.1) is 22.7 Å². The van der Waals surface area contributed by atoms with Crippen molar-refractivity contribution >= 4 is 32.7 Å². The van der Waals surface area contributed by atoms with Crippen LogP contribution in [-0.4, -0.2) is 13.4 Å². The van der Waals surface area contributed by atoms with E-state index in [2.05, 4.69) is 9.71 Å². The van der Waals surface area contributed by atoms with Gasteiger partial charge in [0.05, 0.1) is 9.90 Å². The zero-order valence-electron chi connectivity index (χ0n) is 9.71. The van der Waals surface area contributed by atoms with Gasteiger partial charge < -0.3 is 5.73 Å². The lowest BCUT2D eigenvalue weighted by molar-refractivity contribution is 0.582. The number of thiazole rings is 1. The standard InChI is InChI=1S/C10H13N3O2S3/c1-7-12-4-9(17-7)5-13-18(14,15)10-2-8(3-11)16-6-10/h2,4,6,13H,3,5,11H2,1H3. The smallest absolute Gasteiger partial charge is 0.241 e. The topological polar surface area (TPSA) is 85.1 Å². The van der Waals surface area contributed by atoms with Crippen LogP contribution in [0.2, 0.25) is 0 Å². The lowest BCUT2D eigenvalue weighted by atomic mass is 10.5. The van der Waals surface area contributed by atoms with Crippen molar-refractivity contribution < 1.29 is 8.42 Å². The molecule has 0 radical (unpaired) electrons. The van der Waals surface area contributed by atoms with Crippen LogP contribution >= 0.6 is 22.7 Å². The average molecular weight is 303 g/mol. The third-order valence-electron chi connectivity index (χ3n) is 2.25. The summed E-state index contributed by atoms with van der Waals surface area (Å²) in [6, 6.07) is 1.60. The number of nitrogens with two attached hydrogens (primary N) is 1. The summed E-state index contributed by atoms with van der Waals surface area (Å²) in [5, 5.41) is 2.52. The summed E-state index contributed by atoms with van der Waals surface area (Å²) >= 11 is 2.83. The summed E-state index contributed by atoms with van der Waals surface area (Å²) < 4.78 is 26.5. The molecule has 2 aromatic rings. The molecule has 5 nitrogen and oxygen atoms in total. The molecular weight excluding hydrogens is 290 g/mol. The van der Waals surface area contributed by atoms with Crippen molar-refractivity contribution in [2.75, 3.05) is 0 Å². The second-order valence-corrected chi connectivity index (χ2v) is 7.71. The van der Waals surface area contributed by atoms with Crippen molar-refractivity contribution in [3.8, 4) is 0 Å². The lowest BCUT2D eigenvalue weighted by Gasteiger charge is -2.02. The minimum absolute atomic E-state index is 0.266. The van der Waals surface area contributed by atoms with Crippen LogP contribution in [0.4, 0.5) is 0 Å². The van der Waals surface area contributed by atoms with E-state index in [-0.39, 0.29) is 11.4 Å². The fraction of sp³-hybridized carbons (Fsp3) is 0.300. The molecule has 0 spiro atoms. The van der Waals surface area contributed by atoms with E-state index in [1.165, 1.54) is 22.7 Å². The number of nitrogens with zero attached hydrogens (tertiary/aromatic N) is 1. The van der Waals surface area contributed by atoms with E-state index < -0.39 is 10.0 Å². The number of thiophene rings is 1. The highest BCUT2D eigenvalue weighted by molar-refractivity contribution is 7.89. The van der Waals surface area contributed by atoms with Crippen LogP contribution in [0.25, 0.3) is 0 Å². The predicted octanol–water partition coefficient (Wildman–Crippen LogP) is 1.45. The molecule has 0 saturated carbocycles. The summed E-state index contributed by atoms with van der Waals surface area (Å²) in [6.07, 6.45) is 1.68. The Hall–Kier alpha value is -0.800. The molecule has 98 valence electrons. The highest BCUT2D eigenvalue weighted by Gasteiger charge is 2.16. The normalized spacial score (nSPS) is 11.9. The van der Waals surface area contributed by atoms with Gasteiger partial charge in [0, 0.05) is 34.4 Å². The molecule has 0 fully saturated rings. The first kappa shape index (κ1) is 13.6. The van der Waals surface area contributed by atoms with Crippen LogP contribution in [0.3, 0.4) is 0 Å². The van der Waals surface area contributed by atoms with E-state index in [0.717, 1.165) is 14.8 Å². The molecule has 3 N–H and O–H groups in total. The van der Waals surface area contributed by atoms with Crippen LogP contribution in [0, 0.1) is 6.92 Å². The van der Waals surface area contributed by atoms with E-state index >= 15 is 0 Å². The quantitative estimate of drug-likeness (QED) is 0.875. The Bertz CT molecular complexity index is 630. The number of sulfonamides is 1. The fourth-order valence-corrected chi connectivity index (χ4v) is 4.33. The van der Waals surface area contributed by atoms with Crippen molar-refractivity contribution in [3.05, 3.63) is 32.4 Å². The van der Waals surface area contributed by atoms with E-state index in [9.17, 15) is 8.42 Å². The monoisotopic (exact) mass is 303 g/mol. The minimum atomic E-state index is -3.45. The number of hydrogen-bond acceptors (Lipinski definition) is 6. The summed E-state index contributed by atoms with van der Waals surface area (Å²) in [4.78, 5) is 6.09. The van der Waals surface area contributed by atoms with Crippen LogP contribution in [-0.2, 0) is 23.1 Å². The van der Waals surface area contributed by atoms with Gasteiger partial charge in [-0.1, -0.05) is 0 Å². The summed E-state index contributed by atoms with van der Waals surface area (Å²) in [5.41, 5.74) is 5.46. The molecule has 0 unspecified atom stereocenters. The number of rotatable bonds is 5. The Morgan fingerprint density at radius 2 is 2.22 bits per heavy atom. The van der Waals surface area contributed by atoms with Gasteiger partial charge in [0.2, 0.25) is 10.0 Å². The van der Waals surface area contributed by atoms with Gasteiger partial charge in [-0.2, -0.15) is 0 Å². The first-order valence-electron chi connectivity index (χ1n) is 5.20. The number of hydrogen-bond donors (Lipinski definition) is 2. The highest BCUT2D eigenvalue weighted by atomic mass is 32.2. The second kappa shape index (κ2) is 5.45. The van der Waals surface area contributed by atoms with Crippen LogP contribution in [0.15, 0.2) is 22.5 Å². The molecule has 2 rings (SSSR count). The summed E-state index contributed by atoms with van der Waals surface area (Å²) in [6.45, 7) is 2.50. The van der Waals surface area contributed by atoms with Gasteiger partial charge in [0.15, 0.2) is 0 Å². The van der Waals surface area contributed by atoms with Gasteiger partial charge in [0.25, 0.3) is 0 Å². The third-order valence-corrected chi connectivity index (χ3v) is 5.65. The Morgan fingerprint density at radius 3 is 2.78 bits per heavy atom. The van der Waals surface area contributed by atoms with Crippen LogP contribution < -0.4 is 10.5 Å². The first-order chi connectivity index (χ1) is 8.51. The molecular formula is C10H13N3O2S3. The van der Waals surface area contributed by atoms with Crippen LogP contribution in [0.1, 0.15) is 14.8 Å². The number of aromatic nitrogens is 1. The molecule has 18 heavy (non-hydrogen) atoms. The maximum absolute atomic E-state index is 12.0. The Morgan fingerprint density at radius 1 is 1.44 bits per heavy atom. The molecule has 2 aromatic heterocycles. The van der Waals surface area contributed by atoms with Gasteiger partial charge in [-0.3, -0.25) is 0 Å². The van der Waals surface area contributed by atoms with Crippen molar-refractivity contribution in [2.45, 2.75) is 24.9 Å². The second-order valence-electron chi connectivity index (χ2n) is 3.62. The van der Waals surface area contributed by atoms with Gasteiger partial charge in [-0.25, -0.2) is 18.1 Å². The fourth-order valence-electron chi connectivity index (χ4n) is 1.34. The van der Waals surface area contributed by atoms with E-state index in [1.807, 2.05) is 6.92 Å². The molecule has 2 heterocycles. The van der Waals surface area contributed by atoms with Crippen molar-refractivity contribution in [3.63, 3.8) is 0 Å². The van der Waals surface area contributed by atoms with E-state index in [0.29, 0.717) is 6.54 Å². The van der Waals surface area contributed by atoms with Gasteiger partial charge in [-0.05, 0) is 13.0 Å². The molecule has 0 aliphatic heterocycles. The molecule has 0 aliphatic carbocycles. The minimum Gasteiger partial charge on any atom is -0.326 e. The lowest BCUT2D eigenvalue weighted by Crippen LogP contribution is -2.22. The average Bonchev–Trinajstić information content (AvgIpc) is 2.95. The van der Waals surface area contributed by atoms with Crippen molar-refractivity contribution in [2.24, 2.45) is 5.73 Å². The van der Waals surface area contributed by atoms with Crippen molar-refractivity contribution in [1.29, 1.82) is 0 Å². The summed E-state index contributed by atoms with van der Waals surface area (Å²) in [7, 11) is -3.45. The Balaban J connectivity index is 2.07. The van der Waals surface area contributed by atoms with Gasteiger partial charge >= 0.3 is 0 Å². The highest BCUT2D eigenvalue weighted by Crippen LogP contribution is 2.19. The van der Waals surface area contributed by atoms with Crippen molar-refractivity contribution in [1.82, 2.24) is 9.71 Å². The third kappa shape index (κ3) is 3.15. The number of nitrogens with one attached hydrogen (secondary N) is 1. The molecule has 0 amide bonds. The molecule has 0 bridgehead atoms. The Labute approximate surface area is 114 Å². The maximum atomic E-state index is 12.0. The molecule has 0 aromatic carbocycles. The SMILES string of the molecule is Cc1ncc(CNS(=O)(=O)c2csc(CN)c2)s1. The summed E-state index contributed by atoms with van der Waals surface area (Å²) in [5.74, 6) is 0. The van der Waals surface area contributed by atoms with E-state index in [4.69, 9.17) is 5.73 Å². The molecule has 0 saturated heterocycles. The Kier molecular flexibility index (Phi) is 4.13. The largest absolute Gasteiger partial charge is 0.326 e. The van der Waals surface area contributed by atoms with Crippen LogP contribution in [0.5, 0.6) is 0 Å². The maximum Gasteiger partial charge on any atom is 0.241 e. The van der Waals surface area contributed by atoms with E-state index in [1.54, 1.807) is 17.6 Å². The molecule has 8 heteroatoms. The van der Waals surface area contributed by atoms with Gasteiger partial charge in [0.1, 0.15) is 0 Å². The molecule has 0 aliphatic rings. The zero-order valence-corrected chi connectivity index (χ0v) is 12.2. The molecule has 0 atom stereocenters. The zero-order chi connectivity index (χ0) is 13.2. The predicted molar refractivity (Wildman–Crippen MR) is 73.1 cm³/mol. The number of aryl methyl sites for hydroxylation is 1. The first-order valence-corrected chi connectivity index (χ1v) is 8.37.